The Morgan fingerprint density at radius 1 is 0.460 bits per heavy atom. The summed E-state index contributed by atoms with van der Waals surface area (Å²) in [4.78, 5) is 0. The van der Waals surface area contributed by atoms with Gasteiger partial charge in [0.25, 0.3) is 0 Å². The quantitative estimate of drug-likeness (QED) is 0.120. The van der Waals surface area contributed by atoms with Crippen LogP contribution in [0.1, 0.15) is 116 Å². The van der Waals surface area contributed by atoms with Gasteiger partial charge in [0.2, 0.25) is 0 Å². The van der Waals surface area contributed by atoms with E-state index in [0.717, 1.165) is 0 Å². The second-order valence-electron chi connectivity index (χ2n) is 17.5. The van der Waals surface area contributed by atoms with Crippen LogP contribution in [0.5, 0.6) is 0 Å². The second kappa shape index (κ2) is 16.0. The molecule has 0 radical (unpaired) electrons. The summed E-state index contributed by atoms with van der Waals surface area (Å²) in [6, 6.07) is 43.6. The normalized spacial score (nSPS) is 12.2. The first-order chi connectivity index (χ1) is 23.2. The van der Waals surface area contributed by atoms with Crippen LogP contribution in [0.4, 0.5) is 0 Å². The van der Waals surface area contributed by atoms with Gasteiger partial charge in [-0.15, -0.1) is 39.7 Å². The predicted octanol–water partition coefficient (Wildman–Crippen LogP) is 14.5. The van der Waals surface area contributed by atoms with Crippen LogP contribution in [0.25, 0.3) is 21.5 Å². The molecule has 0 nitrogen and oxygen atoms in total. The van der Waals surface area contributed by atoms with Crippen molar-refractivity contribution in [2.45, 2.75) is 105 Å². The van der Waals surface area contributed by atoms with Gasteiger partial charge in [0.15, 0.2) is 0 Å². The topological polar surface area (TPSA) is 0 Å². The number of fused-ring (bicyclic) bond motifs is 3. The first-order valence-corrected chi connectivity index (χ1v) is 28.4. The zero-order valence-electron chi connectivity index (χ0n) is 32.3. The summed E-state index contributed by atoms with van der Waals surface area (Å²) in [5.74, 6) is 0. The molecule has 0 spiro atoms. The minimum atomic E-state index is -2.76. The van der Waals surface area contributed by atoms with E-state index in [2.05, 4.69) is 174 Å². The number of hydrogen-bond acceptors (Lipinski definition) is 0. The average molecular weight is 870 g/mol. The van der Waals surface area contributed by atoms with E-state index in [1.807, 2.05) is 30.3 Å². The third-order valence-corrected chi connectivity index (χ3v) is 15.8. The zero-order valence-corrected chi connectivity index (χ0v) is 37.4. The van der Waals surface area contributed by atoms with E-state index in [4.69, 9.17) is 17.2 Å². The van der Waals surface area contributed by atoms with Gasteiger partial charge >= 0.3 is 162 Å². The van der Waals surface area contributed by atoms with Crippen LogP contribution >= 0.6 is 17.2 Å². The average Bonchev–Trinajstić information content (AvgIpc) is 3.72. The van der Waals surface area contributed by atoms with Gasteiger partial charge in [-0.05, 0) is 10.8 Å². The van der Waals surface area contributed by atoms with E-state index < -0.39 is 18.6 Å². The van der Waals surface area contributed by atoms with E-state index in [0.29, 0.717) is 0 Å². The number of hydrogen-bond donors (Lipinski definition) is 0. The molecule has 6 aromatic rings. The monoisotopic (exact) mass is 870 g/mol. The third kappa shape index (κ3) is 10.5. The Morgan fingerprint density at radius 3 is 1.04 bits per heavy atom. The summed E-state index contributed by atoms with van der Waals surface area (Å²) in [5, 5.41) is 5.48. The number of benzene rings is 4. The molecule has 50 heavy (non-hydrogen) atoms. The molecule has 0 N–H and O–H groups in total. The molecule has 0 aromatic heterocycles. The largest absolute Gasteiger partial charge is 0.214 e. The van der Waals surface area contributed by atoms with Crippen LogP contribution in [-0.2, 0) is 40.2 Å². The fraction of sp³-hybridized carbons (Fsp3) is 0.340. The molecule has 0 bridgehead atoms. The van der Waals surface area contributed by atoms with E-state index in [9.17, 15) is 0 Å². The Morgan fingerprint density at radius 2 is 0.780 bits per heavy atom. The summed E-state index contributed by atoms with van der Waals surface area (Å²) in [5.41, 5.74) is 8.49. The van der Waals surface area contributed by atoms with Crippen molar-refractivity contribution in [3.05, 3.63) is 155 Å². The van der Waals surface area contributed by atoms with Crippen molar-refractivity contribution >= 4 is 42.0 Å². The molecule has 264 valence electrons. The smallest absolute Gasteiger partial charge is 0.0202 e. The molecule has 0 heterocycles. The van der Waals surface area contributed by atoms with Crippen molar-refractivity contribution in [2.75, 3.05) is 0 Å². The molecular formula is C47H56Cl2Hf-2. The van der Waals surface area contributed by atoms with Gasteiger partial charge in [-0.3, -0.25) is 0 Å². The minimum absolute atomic E-state index is 0.151. The van der Waals surface area contributed by atoms with Crippen molar-refractivity contribution in [1.29, 1.82) is 0 Å². The van der Waals surface area contributed by atoms with Crippen molar-refractivity contribution < 1.29 is 18.6 Å². The first kappa shape index (κ1) is 40.2. The van der Waals surface area contributed by atoms with Gasteiger partial charge in [-0.2, -0.15) is 18.2 Å². The molecule has 0 fully saturated rings. The summed E-state index contributed by atoms with van der Waals surface area (Å²) >= 11 is -2.76. The Hall–Kier alpha value is -2.58. The number of halogens is 2. The van der Waals surface area contributed by atoms with Gasteiger partial charge in [0.05, 0.1) is 0 Å². The summed E-state index contributed by atoms with van der Waals surface area (Å²) in [6.07, 6.45) is 0. The summed E-state index contributed by atoms with van der Waals surface area (Å²) in [7, 11) is 13.0. The fourth-order valence-corrected chi connectivity index (χ4v) is 12.3. The summed E-state index contributed by atoms with van der Waals surface area (Å²) in [6.45, 7) is 27.0. The van der Waals surface area contributed by atoms with E-state index in [1.165, 1.54) is 58.2 Å². The van der Waals surface area contributed by atoms with Crippen LogP contribution < -0.4 is 0 Å². The Kier molecular flexibility index (Phi) is 12.8. The molecule has 3 heteroatoms. The van der Waals surface area contributed by atoms with Crippen molar-refractivity contribution in [3.63, 3.8) is 0 Å². The van der Waals surface area contributed by atoms with Crippen LogP contribution in [0.3, 0.4) is 0 Å². The third-order valence-electron chi connectivity index (χ3n) is 9.26. The van der Waals surface area contributed by atoms with Gasteiger partial charge in [-0.25, -0.2) is 12.1 Å². The Bertz CT molecular complexity index is 1860. The van der Waals surface area contributed by atoms with Crippen LogP contribution in [0.15, 0.2) is 121 Å². The van der Waals surface area contributed by atoms with Crippen LogP contribution in [0, 0.1) is 0 Å². The van der Waals surface area contributed by atoms with Gasteiger partial charge in [0.1, 0.15) is 0 Å². The molecule has 0 aliphatic heterocycles. The molecule has 0 saturated carbocycles. The molecule has 0 amide bonds. The van der Waals surface area contributed by atoms with E-state index in [1.54, 1.807) is 0 Å². The molecule has 0 unspecified atom stereocenters. The predicted molar refractivity (Wildman–Crippen MR) is 222 cm³/mol. The first-order valence-electron chi connectivity index (χ1n) is 17.7. The van der Waals surface area contributed by atoms with Gasteiger partial charge in [0, 0.05) is 0 Å². The van der Waals surface area contributed by atoms with Gasteiger partial charge < -0.3 is 0 Å². The molecule has 0 atom stereocenters. The second-order valence-corrected chi connectivity index (χ2v) is 28.9. The summed E-state index contributed by atoms with van der Waals surface area (Å²) < 4.78 is 1.17. The Labute approximate surface area is 317 Å². The molecular weight excluding hydrogens is 814 g/mol. The molecule has 6 aromatic carbocycles. The van der Waals surface area contributed by atoms with Crippen molar-refractivity contribution in [1.82, 2.24) is 0 Å². The van der Waals surface area contributed by atoms with Gasteiger partial charge in [-0.1, -0.05) is 76.9 Å². The van der Waals surface area contributed by atoms with Crippen LogP contribution in [0.2, 0.25) is 0 Å². The van der Waals surface area contributed by atoms with Crippen molar-refractivity contribution in [3.8, 4) is 0 Å². The SMILES string of the molecule is CC(C)(C)c1ccc([C](c2ccc(C(C)(C)C)cc2)=[Hf]([Cl])[Cl])cc1.CC(C)(C)c1ccc2c(c1)[cH-]c1cc(C(C)(C)C)ccc12.c1cc[cH-]c1. The maximum absolute atomic E-state index is 6.51. The van der Waals surface area contributed by atoms with E-state index in [-0.39, 0.29) is 21.7 Å². The molecule has 0 aliphatic rings. The van der Waals surface area contributed by atoms with Crippen molar-refractivity contribution in [2.24, 2.45) is 0 Å². The zero-order chi connectivity index (χ0) is 37.1. The van der Waals surface area contributed by atoms with Crippen LogP contribution in [-0.4, -0.2) is 3.26 Å². The Balaban J connectivity index is 0.000000198. The number of rotatable bonds is 2. The molecule has 6 rings (SSSR count). The minimum Gasteiger partial charge on any atom is -0.214 e. The van der Waals surface area contributed by atoms with E-state index >= 15 is 0 Å². The molecule has 0 saturated heterocycles. The maximum atomic E-state index is 6.51. The fourth-order valence-electron chi connectivity index (χ4n) is 5.93. The standard InChI is InChI=1S/C21H25.C21H26.C5H5.2ClH.Hf/c1-20(2,3)16-7-9-18-14(12-16)11-15-13-17(21(4,5)6)8-10-19(15)18;1-20(2,3)18-11-7-16(8-12-18)15-17-9-13-19(14-10-17)21(4,5)6;1-2-4-5-3-1;;;/h7-13H,1-6H3;7-14H,1-6H3;1-5H;2*1H;/q-1;;-1;;;+2/p-2. The molecule has 0 aliphatic carbocycles. The maximum Gasteiger partial charge on any atom is -0.0202 e.